The Bertz CT molecular complexity index is 124. The van der Waals surface area contributed by atoms with E-state index >= 15 is 0 Å². The number of hydrogen-bond donors (Lipinski definition) is 0. The molecule has 0 atom stereocenters. The van der Waals surface area contributed by atoms with E-state index in [4.69, 9.17) is 12.2 Å². The maximum absolute atomic E-state index is 4.94. The molecule has 0 aromatic carbocycles. The first kappa shape index (κ1) is 5.32. The Labute approximate surface area is 53.0 Å². The molecular formula is C5H6S2. The average molecular weight is 130 g/mol. The van der Waals surface area contributed by atoms with Crippen LogP contribution in [0, 0.1) is 0 Å². The van der Waals surface area contributed by atoms with E-state index in [2.05, 4.69) is 13.0 Å². The maximum Gasteiger partial charge on any atom is 0.0735 e. The summed E-state index contributed by atoms with van der Waals surface area (Å²) in [4.78, 5) is 0. The number of hydrogen-bond acceptors (Lipinski definition) is 2. The zero-order valence-corrected chi connectivity index (χ0v) is 5.73. The van der Waals surface area contributed by atoms with Gasteiger partial charge < -0.3 is 0 Å². The topological polar surface area (TPSA) is 0 Å². The first-order chi connectivity index (χ1) is 3.30. The Morgan fingerprint density at radius 2 is 2.57 bits per heavy atom. The van der Waals surface area contributed by atoms with E-state index in [1.54, 1.807) is 11.8 Å². The van der Waals surface area contributed by atoms with Crippen LogP contribution in [0.5, 0.6) is 0 Å². The Morgan fingerprint density at radius 1 is 1.86 bits per heavy atom. The van der Waals surface area contributed by atoms with Crippen molar-refractivity contribution in [3.63, 3.8) is 0 Å². The van der Waals surface area contributed by atoms with Crippen LogP contribution in [-0.2, 0) is 0 Å². The lowest BCUT2D eigenvalue weighted by molar-refractivity contribution is 1.60. The lowest BCUT2D eigenvalue weighted by Crippen LogP contribution is -1.78. The molecule has 0 saturated carbocycles. The van der Waals surface area contributed by atoms with E-state index in [0.29, 0.717) is 0 Å². The predicted octanol–water partition coefficient (Wildman–Crippen LogP) is 2.01. The molecule has 0 saturated heterocycles. The van der Waals surface area contributed by atoms with Crippen molar-refractivity contribution in [1.29, 1.82) is 0 Å². The van der Waals surface area contributed by atoms with Gasteiger partial charge in [-0.2, -0.15) is 0 Å². The second-order valence-corrected chi connectivity index (χ2v) is 3.18. The predicted molar refractivity (Wildman–Crippen MR) is 38.8 cm³/mol. The highest BCUT2D eigenvalue weighted by Crippen LogP contribution is 2.19. The molecule has 0 radical (unpaired) electrons. The lowest BCUT2D eigenvalue weighted by atomic mass is 10.3. The van der Waals surface area contributed by atoms with Crippen LogP contribution < -0.4 is 0 Å². The molecule has 0 spiro atoms. The molecule has 0 N–H and O–H groups in total. The number of rotatable bonds is 0. The normalized spacial score (nSPS) is 20.1. The summed E-state index contributed by atoms with van der Waals surface area (Å²) in [5.74, 6) is 1.09. The monoisotopic (exact) mass is 130 g/mol. The summed E-state index contributed by atoms with van der Waals surface area (Å²) in [5.41, 5.74) is 1.28. The van der Waals surface area contributed by atoms with Crippen LogP contribution in [0.1, 0.15) is 6.92 Å². The van der Waals surface area contributed by atoms with Gasteiger partial charge >= 0.3 is 0 Å². The van der Waals surface area contributed by atoms with Crippen molar-refractivity contribution in [3.8, 4) is 0 Å². The van der Waals surface area contributed by atoms with E-state index < -0.39 is 0 Å². The van der Waals surface area contributed by atoms with Crippen molar-refractivity contribution in [2.24, 2.45) is 0 Å². The molecule has 0 amide bonds. The van der Waals surface area contributed by atoms with Crippen LogP contribution in [0.15, 0.2) is 11.6 Å². The van der Waals surface area contributed by atoms with E-state index in [1.165, 1.54) is 5.57 Å². The molecule has 2 heteroatoms. The molecule has 1 rings (SSSR count). The van der Waals surface area contributed by atoms with Crippen LogP contribution in [0.2, 0.25) is 0 Å². The van der Waals surface area contributed by atoms with Crippen LogP contribution in [0.3, 0.4) is 0 Å². The third-order valence-electron chi connectivity index (χ3n) is 0.926. The van der Waals surface area contributed by atoms with Crippen LogP contribution >= 0.6 is 24.0 Å². The van der Waals surface area contributed by atoms with E-state index in [1.807, 2.05) is 0 Å². The molecule has 0 nitrogen and oxygen atoms in total. The van der Waals surface area contributed by atoms with Crippen molar-refractivity contribution < 1.29 is 0 Å². The fourth-order valence-electron chi connectivity index (χ4n) is 0.440. The van der Waals surface area contributed by atoms with Gasteiger partial charge in [0.05, 0.1) is 4.20 Å². The van der Waals surface area contributed by atoms with Gasteiger partial charge in [-0.3, -0.25) is 0 Å². The standard InChI is InChI=1S/C5H6S2/c1-4-2-3-7-5(4)6/h2H,3H2,1H3. The van der Waals surface area contributed by atoms with Crippen molar-refractivity contribution in [3.05, 3.63) is 11.6 Å². The molecule has 1 heterocycles. The molecule has 0 fully saturated rings. The molecular weight excluding hydrogens is 124 g/mol. The lowest BCUT2D eigenvalue weighted by Gasteiger charge is -1.85. The Morgan fingerprint density at radius 3 is 2.71 bits per heavy atom. The van der Waals surface area contributed by atoms with Crippen LogP contribution in [0.4, 0.5) is 0 Å². The van der Waals surface area contributed by atoms with Crippen molar-refractivity contribution in [2.75, 3.05) is 5.75 Å². The summed E-state index contributed by atoms with van der Waals surface area (Å²) in [6.07, 6.45) is 2.16. The van der Waals surface area contributed by atoms with Gasteiger partial charge in [0.15, 0.2) is 0 Å². The molecule has 0 aromatic rings. The minimum atomic E-state index is 1.07. The zero-order chi connectivity index (χ0) is 5.28. The van der Waals surface area contributed by atoms with Gasteiger partial charge in [0.25, 0.3) is 0 Å². The summed E-state index contributed by atoms with van der Waals surface area (Å²) in [6, 6.07) is 0. The third-order valence-corrected chi connectivity index (χ3v) is 2.52. The highest BCUT2D eigenvalue weighted by atomic mass is 32.2. The summed E-state index contributed by atoms with van der Waals surface area (Å²) in [7, 11) is 0. The second kappa shape index (κ2) is 1.97. The zero-order valence-electron chi connectivity index (χ0n) is 4.10. The quantitative estimate of drug-likeness (QED) is 0.460. The van der Waals surface area contributed by atoms with Gasteiger partial charge in [-0.15, -0.1) is 11.8 Å². The first-order valence-electron chi connectivity index (χ1n) is 2.14. The smallest absolute Gasteiger partial charge is 0.0735 e. The fourth-order valence-corrected chi connectivity index (χ4v) is 1.52. The third kappa shape index (κ3) is 1.04. The van der Waals surface area contributed by atoms with E-state index in [-0.39, 0.29) is 0 Å². The van der Waals surface area contributed by atoms with Gasteiger partial charge in [-0.25, -0.2) is 0 Å². The Kier molecular flexibility index (Phi) is 1.50. The molecule has 0 aliphatic carbocycles. The molecule has 0 unspecified atom stereocenters. The maximum atomic E-state index is 4.94. The van der Waals surface area contributed by atoms with Gasteiger partial charge in [0.1, 0.15) is 0 Å². The Hall–Kier alpha value is 0.180. The highest BCUT2D eigenvalue weighted by Gasteiger charge is 2.04. The summed E-state index contributed by atoms with van der Waals surface area (Å²) in [5, 5.41) is 0. The fraction of sp³-hybridized carbons (Fsp3) is 0.400. The molecule has 38 valence electrons. The molecule has 1 aliphatic rings. The molecule has 1 aliphatic heterocycles. The second-order valence-electron chi connectivity index (χ2n) is 1.49. The van der Waals surface area contributed by atoms with Crippen LogP contribution in [0.25, 0.3) is 0 Å². The SMILES string of the molecule is CC1=CCSC1=S. The van der Waals surface area contributed by atoms with Gasteiger partial charge in [0.2, 0.25) is 0 Å². The number of thioether (sulfide) groups is 1. The van der Waals surface area contributed by atoms with Gasteiger partial charge in [0, 0.05) is 5.75 Å². The highest BCUT2D eigenvalue weighted by molar-refractivity contribution is 8.24. The largest absolute Gasteiger partial charge is 0.110 e. The van der Waals surface area contributed by atoms with Crippen molar-refractivity contribution in [2.45, 2.75) is 6.92 Å². The van der Waals surface area contributed by atoms with E-state index in [0.717, 1.165) is 9.95 Å². The molecule has 0 bridgehead atoms. The average Bonchev–Trinajstić information content (AvgIpc) is 1.91. The summed E-state index contributed by atoms with van der Waals surface area (Å²) >= 11 is 6.68. The van der Waals surface area contributed by atoms with Gasteiger partial charge in [-0.05, 0) is 12.5 Å². The number of thiocarbonyl (C=S) groups is 1. The van der Waals surface area contributed by atoms with E-state index in [9.17, 15) is 0 Å². The first-order valence-corrected chi connectivity index (χ1v) is 3.54. The summed E-state index contributed by atoms with van der Waals surface area (Å²) < 4.78 is 1.07. The molecule has 0 aromatic heterocycles. The minimum Gasteiger partial charge on any atom is -0.110 e. The minimum absolute atomic E-state index is 1.07. The summed E-state index contributed by atoms with van der Waals surface area (Å²) in [6.45, 7) is 2.06. The van der Waals surface area contributed by atoms with Crippen molar-refractivity contribution >= 4 is 28.2 Å². The van der Waals surface area contributed by atoms with Gasteiger partial charge in [-0.1, -0.05) is 18.3 Å². The van der Waals surface area contributed by atoms with Crippen molar-refractivity contribution in [1.82, 2.24) is 0 Å². The Balaban J connectivity index is 2.72. The molecule has 7 heavy (non-hydrogen) atoms. The van der Waals surface area contributed by atoms with Crippen LogP contribution in [-0.4, -0.2) is 9.95 Å².